The highest BCUT2D eigenvalue weighted by atomic mass is 32.2. The highest BCUT2D eigenvalue weighted by molar-refractivity contribution is 7.99. The van der Waals surface area contributed by atoms with E-state index in [1.165, 1.54) is 6.07 Å². The molecule has 12 heteroatoms. The number of nitrogens with one attached hydrogen (secondary N) is 2. The molecule has 4 N–H and O–H groups in total. The average Bonchev–Trinajstić information content (AvgIpc) is 3.78. The van der Waals surface area contributed by atoms with Crippen molar-refractivity contribution in [1.29, 1.82) is 0 Å². The van der Waals surface area contributed by atoms with Crippen molar-refractivity contribution >= 4 is 34.9 Å². The van der Waals surface area contributed by atoms with Gasteiger partial charge in [0.15, 0.2) is 0 Å². The van der Waals surface area contributed by atoms with E-state index in [4.69, 9.17) is 0 Å². The van der Waals surface area contributed by atoms with Gasteiger partial charge in [-0.25, -0.2) is 9.88 Å². The van der Waals surface area contributed by atoms with Crippen molar-refractivity contribution in [3.63, 3.8) is 0 Å². The molecule has 0 bridgehead atoms. The number of aromatic nitrogens is 1. The number of anilines is 3. The lowest BCUT2D eigenvalue weighted by atomic mass is 10.0. The smallest absolute Gasteiger partial charge is 0.384 e. The van der Waals surface area contributed by atoms with Gasteiger partial charge in [-0.1, -0.05) is 6.07 Å². The highest BCUT2D eigenvalue weighted by Gasteiger charge is 2.37. The van der Waals surface area contributed by atoms with Crippen LogP contribution in [-0.4, -0.2) is 75.1 Å². The molecular formula is C28H36F3N5O3S. The molecule has 1 aliphatic carbocycles. The summed E-state index contributed by atoms with van der Waals surface area (Å²) >= 11 is 1.78. The normalized spacial score (nSPS) is 19.1. The lowest BCUT2D eigenvalue weighted by Gasteiger charge is -2.37. The molecule has 1 aromatic heterocycles. The van der Waals surface area contributed by atoms with E-state index < -0.39 is 17.7 Å². The first-order valence-electron chi connectivity index (χ1n) is 13.9. The predicted octanol–water partition coefficient (Wildman–Crippen LogP) is 4.68. The largest absolute Gasteiger partial charge is 0.419 e. The molecule has 1 saturated carbocycles. The Morgan fingerprint density at radius 3 is 2.52 bits per heavy atom. The fourth-order valence-corrected chi connectivity index (χ4v) is 6.20. The fraction of sp³-hybridized carbons (Fsp3) is 0.571. The van der Waals surface area contributed by atoms with Crippen LogP contribution in [0.1, 0.15) is 61.1 Å². The van der Waals surface area contributed by atoms with Crippen LogP contribution in [-0.2, 0) is 16.9 Å². The number of benzene rings is 1. The topological polar surface area (TPSA) is 101 Å². The molecule has 2 aliphatic heterocycles. The van der Waals surface area contributed by atoms with Crippen LogP contribution in [0.25, 0.3) is 0 Å². The highest BCUT2D eigenvalue weighted by Crippen LogP contribution is 2.45. The van der Waals surface area contributed by atoms with Gasteiger partial charge in [0.05, 0.1) is 11.3 Å². The molecule has 0 unspecified atom stereocenters. The third-order valence-corrected chi connectivity index (χ3v) is 8.66. The van der Waals surface area contributed by atoms with Crippen molar-refractivity contribution in [3.05, 3.63) is 47.2 Å². The third kappa shape index (κ3) is 6.84. The van der Waals surface area contributed by atoms with Crippen LogP contribution in [0.4, 0.5) is 30.4 Å². The lowest BCUT2D eigenvalue weighted by molar-refractivity contribution is -0.273. The molecule has 40 heavy (non-hydrogen) atoms. The Bertz CT molecular complexity index is 1200. The van der Waals surface area contributed by atoms with Crippen molar-refractivity contribution in [2.75, 3.05) is 54.9 Å². The summed E-state index contributed by atoms with van der Waals surface area (Å²) in [6, 6.07) is 6.52. The summed E-state index contributed by atoms with van der Waals surface area (Å²) in [7, 11) is 0. The molecule has 1 aromatic carbocycles. The number of halogens is 3. The van der Waals surface area contributed by atoms with E-state index in [9.17, 15) is 28.2 Å². The third-order valence-electron chi connectivity index (χ3n) is 7.72. The summed E-state index contributed by atoms with van der Waals surface area (Å²) in [6.45, 7) is 2.62. The number of rotatable bonds is 10. The summed E-state index contributed by atoms with van der Waals surface area (Å²) in [5.74, 6) is 0.147. The summed E-state index contributed by atoms with van der Waals surface area (Å²) in [4.78, 5) is 19.5. The Morgan fingerprint density at radius 1 is 1.05 bits per heavy atom. The number of hydrogen-bond donors (Lipinski definition) is 4. The van der Waals surface area contributed by atoms with E-state index in [-0.39, 0.29) is 29.9 Å². The van der Waals surface area contributed by atoms with Gasteiger partial charge < -0.3 is 25.7 Å². The Hall–Kier alpha value is -2.54. The Morgan fingerprint density at radius 2 is 1.82 bits per heavy atom. The average molecular weight is 580 g/mol. The monoisotopic (exact) mass is 579 g/mol. The molecule has 2 aromatic rings. The molecule has 0 radical (unpaired) electrons. The van der Waals surface area contributed by atoms with E-state index in [1.54, 1.807) is 39.8 Å². The molecule has 3 heterocycles. The van der Waals surface area contributed by atoms with Gasteiger partial charge in [0.25, 0.3) is 5.91 Å². The molecule has 3 aliphatic rings. The minimum absolute atomic E-state index is 0.0766. The second kappa shape index (κ2) is 12.1. The summed E-state index contributed by atoms with van der Waals surface area (Å²) < 4.78 is 41.2. The van der Waals surface area contributed by atoms with Crippen LogP contribution in [0.5, 0.6) is 0 Å². The number of nitrogens with zero attached hydrogens (tertiary/aromatic N) is 3. The van der Waals surface area contributed by atoms with Gasteiger partial charge in [-0.3, -0.25) is 4.79 Å². The van der Waals surface area contributed by atoms with E-state index in [0.29, 0.717) is 50.3 Å². The minimum Gasteiger partial charge on any atom is -0.384 e. The van der Waals surface area contributed by atoms with Crippen molar-refractivity contribution in [2.24, 2.45) is 0 Å². The van der Waals surface area contributed by atoms with Crippen molar-refractivity contribution in [3.8, 4) is 0 Å². The van der Waals surface area contributed by atoms with Crippen LogP contribution in [0.2, 0.25) is 0 Å². The number of carbonyl (C=O) groups excluding carboxylic acids is 1. The van der Waals surface area contributed by atoms with Crippen LogP contribution in [0.15, 0.2) is 30.5 Å². The molecule has 0 atom stereocenters. The van der Waals surface area contributed by atoms with Gasteiger partial charge >= 0.3 is 6.18 Å². The zero-order chi connectivity index (χ0) is 28.3. The molecule has 8 nitrogen and oxygen atoms in total. The van der Waals surface area contributed by atoms with E-state index in [0.717, 1.165) is 48.9 Å². The molecular weight excluding hydrogens is 543 g/mol. The number of likely N-dealkylation sites (tertiary alicyclic amines) is 1. The minimum atomic E-state index is -4.57. The number of amides is 1. The van der Waals surface area contributed by atoms with Crippen LogP contribution in [0, 0.1) is 0 Å². The van der Waals surface area contributed by atoms with Crippen molar-refractivity contribution in [2.45, 2.75) is 56.5 Å². The van der Waals surface area contributed by atoms with Crippen LogP contribution in [0.3, 0.4) is 0 Å². The molecule has 218 valence electrons. The first kappa shape index (κ1) is 29.0. The SMILES string of the molecule is O=C1CCCCN1CCCNc1cc(Nc2ccc(C(O)(O)N3CCSCC3)cc2C2CC2)ncc1C(F)(F)F. The Labute approximate surface area is 236 Å². The van der Waals surface area contributed by atoms with Gasteiger partial charge in [-0.05, 0) is 55.7 Å². The summed E-state index contributed by atoms with van der Waals surface area (Å²) in [6.07, 6.45) is 1.06. The number of piperidine rings is 1. The Kier molecular flexibility index (Phi) is 8.79. The molecule has 1 amide bonds. The maximum absolute atomic E-state index is 13.7. The summed E-state index contributed by atoms with van der Waals surface area (Å²) in [5.41, 5.74) is 1.01. The van der Waals surface area contributed by atoms with Gasteiger partial charge in [0, 0.05) is 74.2 Å². The first-order valence-corrected chi connectivity index (χ1v) is 15.1. The van der Waals surface area contributed by atoms with Crippen molar-refractivity contribution in [1.82, 2.24) is 14.8 Å². The van der Waals surface area contributed by atoms with E-state index >= 15 is 0 Å². The quantitative estimate of drug-likeness (QED) is 0.238. The van der Waals surface area contributed by atoms with Gasteiger partial charge in [-0.2, -0.15) is 24.9 Å². The Balaban J connectivity index is 1.31. The van der Waals surface area contributed by atoms with E-state index in [2.05, 4.69) is 15.6 Å². The second-order valence-electron chi connectivity index (χ2n) is 10.7. The zero-order valence-electron chi connectivity index (χ0n) is 22.3. The number of pyridine rings is 1. The van der Waals surface area contributed by atoms with Crippen LogP contribution >= 0.6 is 11.8 Å². The molecule has 3 fully saturated rings. The fourth-order valence-electron chi connectivity index (χ4n) is 5.30. The molecule has 2 saturated heterocycles. The first-order chi connectivity index (χ1) is 19.1. The van der Waals surface area contributed by atoms with Crippen LogP contribution < -0.4 is 10.6 Å². The van der Waals surface area contributed by atoms with Gasteiger partial charge in [-0.15, -0.1) is 0 Å². The number of alkyl halides is 3. The van der Waals surface area contributed by atoms with Gasteiger partial charge in [0.1, 0.15) is 5.82 Å². The predicted molar refractivity (Wildman–Crippen MR) is 149 cm³/mol. The molecule has 5 rings (SSSR count). The zero-order valence-corrected chi connectivity index (χ0v) is 23.2. The standard InChI is InChI=1S/C28H36F3N5O3S/c29-27(30,31)22-18-33-25(17-24(22)32-9-3-11-35-10-2-1-4-26(35)37)34-23-8-7-20(16-21(23)19-5-6-19)28(38,39)36-12-14-40-15-13-36/h7-8,16-19,38-39H,1-6,9-15H2,(H2,32,33,34). The lowest BCUT2D eigenvalue weighted by Crippen LogP contribution is -2.50. The number of thioether (sulfide) groups is 1. The maximum Gasteiger partial charge on any atom is 0.419 e. The summed E-state index contributed by atoms with van der Waals surface area (Å²) in [5, 5.41) is 28.0. The van der Waals surface area contributed by atoms with Crippen molar-refractivity contribution < 1.29 is 28.2 Å². The maximum atomic E-state index is 13.7. The number of aliphatic hydroxyl groups is 2. The van der Waals surface area contributed by atoms with E-state index in [1.807, 2.05) is 0 Å². The molecule has 0 spiro atoms. The number of carbonyl (C=O) groups is 1. The van der Waals surface area contributed by atoms with Gasteiger partial charge in [0.2, 0.25) is 5.91 Å². The second-order valence-corrected chi connectivity index (χ2v) is 11.9. The number of hydrogen-bond acceptors (Lipinski definition) is 8.